The predicted octanol–water partition coefficient (Wildman–Crippen LogP) is 11.4. The molecule has 332 valence electrons. The summed E-state index contributed by atoms with van der Waals surface area (Å²) < 4.78 is 23.1. The van der Waals surface area contributed by atoms with Crippen LogP contribution in [0.3, 0.4) is 0 Å². The first kappa shape index (κ1) is 49.8. The number of ether oxygens (including phenoxy) is 4. The second-order valence-corrected chi connectivity index (χ2v) is 18.2. The topological polar surface area (TPSA) is 118 Å². The minimum Gasteiger partial charge on any atom is -0.508 e. The molecule has 0 bridgehead atoms. The Morgan fingerprint density at radius 1 is 0.552 bits per heavy atom. The summed E-state index contributed by atoms with van der Waals surface area (Å²) in [7, 11) is 0. The summed E-state index contributed by atoms with van der Waals surface area (Å²) in [6, 6.07) is 8.23. The zero-order chi connectivity index (χ0) is 42.5. The molecule has 58 heavy (non-hydrogen) atoms. The first-order valence-corrected chi connectivity index (χ1v) is 23.3. The van der Waals surface area contributed by atoms with Crippen LogP contribution >= 0.6 is 0 Å². The molecule has 2 fully saturated rings. The molecule has 0 spiro atoms. The van der Waals surface area contributed by atoms with Crippen LogP contribution < -0.4 is 9.47 Å². The Morgan fingerprint density at radius 2 is 0.948 bits per heavy atom. The van der Waals surface area contributed by atoms with E-state index < -0.39 is 0 Å². The Kier molecular flexibility index (Phi) is 23.5. The quantitative estimate of drug-likeness (QED) is 0.0774. The van der Waals surface area contributed by atoms with Gasteiger partial charge in [-0.1, -0.05) is 93.9 Å². The second kappa shape index (κ2) is 27.3. The standard InChI is InChI=1S/2C25H42O4/c2*1-5-6-7-8-20-16-23(27)25(24(17-20)29-14-13-28-12-11-26)22-15-19(4)9-10-21(22)18(2)3/h2*16-19,21-22,26-27H,5-15H2,1-4H3/t19-,21+,22-;19-,21-,22+/m10/s1. The fourth-order valence-electron chi connectivity index (χ4n) is 9.59. The highest BCUT2D eigenvalue weighted by molar-refractivity contribution is 5.51. The van der Waals surface area contributed by atoms with Crippen molar-refractivity contribution in [2.75, 3.05) is 52.9 Å². The van der Waals surface area contributed by atoms with Crippen LogP contribution in [0.15, 0.2) is 24.3 Å². The second-order valence-electron chi connectivity index (χ2n) is 18.2. The van der Waals surface area contributed by atoms with Crippen molar-refractivity contribution in [3.63, 3.8) is 0 Å². The summed E-state index contributed by atoms with van der Waals surface area (Å²) in [6.45, 7) is 20.7. The number of aliphatic hydroxyl groups is 2. The molecule has 6 atom stereocenters. The Bertz CT molecular complexity index is 1300. The molecule has 2 aromatic carbocycles. The number of aromatic hydroxyl groups is 2. The molecule has 8 heteroatoms. The lowest BCUT2D eigenvalue weighted by molar-refractivity contribution is 0.0697. The van der Waals surface area contributed by atoms with Gasteiger partial charge in [0.2, 0.25) is 0 Å². The average Bonchev–Trinajstić information content (AvgIpc) is 3.17. The van der Waals surface area contributed by atoms with E-state index in [4.69, 9.17) is 29.2 Å². The van der Waals surface area contributed by atoms with E-state index in [-0.39, 0.29) is 13.2 Å². The molecule has 0 amide bonds. The van der Waals surface area contributed by atoms with Gasteiger partial charge in [0, 0.05) is 11.1 Å². The van der Waals surface area contributed by atoms with E-state index in [1.165, 1.54) is 51.4 Å². The first-order valence-electron chi connectivity index (χ1n) is 23.3. The van der Waals surface area contributed by atoms with Gasteiger partial charge in [0.1, 0.15) is 36.2 Å². The molecule has 0 radical (unpaired) electrons. The van der Waals surface area contributed by atoms with Crippen LogP contribution in [-0.4, -0.2) is 73.3 Å². The molecule has 4 N–H and O–H groups in total. The fourth-order valence-corrected chi connectivity index (χ4v) is 9.59. The number of aryl methyl sites for hydroxylation is 2. The third-order valence-electron chi connectivity index (χ3n) is 12.7. The van der Waals surface area contributed by atoms with Crippen molar-refractivity contribution >= 4 is 0 Å². The normalized spacial score (nSPS) is 22.2. The highest BCUT2D eigenvalue weighted by Gasteiger charge is 2.37. The molecule has 0 aliphatic heterocycles. The molecule has 0 heterocycles. The number of hydrogen-bond donors (Lipinski definition) is 4. The van der Waals surface area contributed by atoms with Gasteiger partial charge in [-0.2, -0.15) is 0 Å². The minimum absolute atomic E-state index is 0.0228. The molecule has 0 aromatic heterocycles. The maximum absolute atomic E-state index is 11.1. The number of rotatable bonds is 24. The number of hydrogen-bond acceptors (Lipinski definition) is 8. The van der Waals surface area contributed by atoms with Crippen molar-refractivity contribution in [1.82, 2.24) is 0 Å². The Hall–Kier alpha value is -2.52. The summed E-state index contributed by atoms with van der Waals surface area (Å²) in [4.78, 5) is 0. The minimum atomic E-state index is 0.0228. The van der Waals surface area contributed by atoms with E-state index >= 15 is 0 Å². The van der Waals surface area contributed by atoms with Crippen molar-refractivity contribution < 1.29 is 39.4 Å². The molecule has 2 aliphatic rings. The van der Waals surface area contributed by atoms with Crippen LogP contribution in [0.5, 0.6) is 23.0 Å². The molecular weight excluding hydrogens is 729 g/mol. The van der Waals surface area contributed by atoms with E-state index in [1.807, 2.05) is 12.1 Å². The molecular formula is C50H84O8. The smallest absolute Gasteiger partial charge is 0.126 e. The molecule has 2 aliphatic carbocycles. The number of unbranched alkanes of at least 4 members (excludes halogenated alkanes) is 4. The number of phenols is 2. The average molecular weight is 813 g/mol. The Labute approximate surface area is 353 Å². The zero-order valence-corrected chi connectivity index (χ0v) is 37.9. The summed E-state index contributed by atoms with van der Waals surface area (Å²) in [5.41, 5.74) is 4.29. The van der Waals surface area contributed by atoms with Gasteiger partial charge in [-0.3, -0.25) is 0 Å². The predicted molar refractivity (Wildman–Crippen MR) is 238 cm³/mol. The van der Waals surface area contributed by atoms with Crippen LogP contribution in [0.25, 0.3) is 0 Å². The van der Waals surface area contributed by atoms with E-state index in [1.54, 1.807) is 0 Å². The van der Waals surface area contributed by atoms with Gasteiger partial charge in [0.25, 0.3) is 0 Å². The van der Waals surface area contributed by atoms with Gasteiger partial charge in [0.15, 0.2) is 0 Å². The summed E-state index contributed by atoms with van der Waals surface area (Å²) in [6.07, 6.45) is 16.1. The fraction of sp³-hybridized carbons (Fsp3) is 0.760. The lowest BCUT2D eigenvalue weighted by Gasteiger charge is -2.38. The SMILES string of the molecule is CCCCCc1cc(O)c([C@@H]2C[C@@H](C)CC[C@H]2C(C)C)c(OCCOCCO)c1.CCCCCc1cc(O)c([C@@H]2C[C@H](C)CC[C@H]2C(C)C)c(OCCOCCO)c1. The lowest BCUT2D eigenvalue weighted by atomic mass is 9.67. The van der Waals surface area contributed by atoms with E-state index in [9.17, 15) is 10.2 Å². The van der Waals surface area contributed by atoms with Gasteiger partial charge >= 0.3 is 0 Å². The largest absolute Gasteiger partial charge is 0.508 e. The van der Waals surface area contributed by atoms with E-state index in [0.29, 0.717) is 98.5 Å². The number of benzene rings is 2. The highest BCUT2D eigenvalue weighted by Crippen LogP contribution is 2.51. The lowest BCUT2D eigenvalue weighted by Crippen LogP contribution is -2.26. The van der Waals surface area contributed by atoms with Gasteiger partial charge < -0.3 is 39.4 Å². The molecule has 8 nitrogen and oxygen atoms in total. The molecule has 4 rings (SSSR count). The van der Waals surface area contributed by atoms with Crippen molar-refractivity contribution in [3.05, 3.63) is 46.5 Å². The van der Waals surface area contributed by atoms with Crippen molar-refractivity contribution in [2.45, 2.75) is 157 Å². The third-order valence-corrected chi connectivity index (χ3v) is 12.7. The highest BCUT2D eigenvalue weighted by atomic mass is 16.5. The van der Waals surface area contributed by atoms with Gasteiger partial charge in [-0.15, -0.1) is 0 Å². The monoisotopic (exact) mass is 813 g/mol. The van der Waals surface area contributed by atoms with Crippen LogP contribution in [0.1, 0.15) is 167 Å². The Balaban J connectivity index is 0.000000310. The van der Waals surface area contributed by atoms with Crippen LogP contribution in [0.4, 0.5) is 0 Å². The third kappa shape index (κ3) is 16.2. The van der Waals surface area contributed by atoms with Crippen LogP contribution in [0.2, 0.25) is 0 Å². The molecule has 2 saturated carbocycles. The molecule has 0 unspecified atom stereocenters. The number of aliphatic hydroxyl groups excluding tert-OH is 2. The summed E-state index contributed by atoms with van der Waals surface area (Å²) in [5, 5.41) is 39.9. The van der Waals surface area contributed by atoms with Crippen LogP contribution in [0, 0.1) is 35.5 Å². The van der Waals surface area contributed by atoms with Gasteiger partial charge in [0.05, 0.1) is 39.6 Å². The maximum atomic E-state index is 11.1. The van der Waals surface area contributed by atoms with E-state index in [0.717, 1.165) is 72.3 Å². The van der Waals surface area contributed by atoms with Crippen molar-refractivity contribution in [2.24, 2.45) is 35.5 Å². The number of phenolic OH excluding ortho intramolecular Hbond substituents is 2. The van der Waals surface area contributed by atoms with Crippen molar-refractivity contribution in [1.29, 1.82) is 0 Å². The van der Waals surface area contributed by atoms with Crippen molar-refractivity contribution in [3.8, 4) is 23.0 Å². The summed E-state index contributed by atoms with van der Waals surface area (Å²) in [5.74, 6) is 6.74. The molecule has 2 aromatic rings. The zero-order valence-electron chi connectivity index (χ0n) is 37.9. The maximum Gasteiger partial charge on any atom is 0.126 e. The van der Waals surface area contributed by atoms with E-state index in [2.05, 4.69) is 67.5 Å². The first-order chi connectivity index (χ1) is 27.9. The molecule has 0 saturated heterocycles. The summed E-state index contributed by atoms with van der Waals surface area (Å²) >= 11 is 0. The van der Waals surface area contributed by atoms with Gasteiger partial charge in [-0.05, 0) is 134 Å². The van der Waals surface area contributed by atoms with Crippen LogP contribution in [-0.2, 0) is 22.3 Å². The van der Waals surface area contributed by atoms with Gasteiger partial charge in [-0.25, -0.2) is 0 Å². The Morgan fingerprint density at radius 3 is 1.29 bits per heavy atom.